The van der Waals surface area contributed by atoms with E-state index in [1.807, 2.05) is 42.5 Å². The van der Waals surface area contributed by atoms with Gasteiger partial charge in [0.05, 0.1) is 12.8 Å². The Balaban J connectivity index is 2.17. The number of nitrogens with zero attached hydrogens (tertiary/aromatic N) is 1. The van der Waals surface area contributed by atoms with E-state index in [9.17, 15) is 4.79 Å². The van der Waals surface area contributed by atoms with Crippen LogP contribution in [-0.4, -0.2) is 23.6 Å². The highest BCUT2D eigenvalue weighted by Gasteiger charge is 2.13. The van der Waals surface area contributed by atoms with Crippen molar-refractivity contribution in [2.75, 3.05) is 17.9 Å². The van der Waals surface area contributed by atoms with Gasteiger partial charge in [-0.2, -0.15) is 5.10 Å². The number of thiocarbonyl (C=S) groups is 1. The zero-order valence-electron chi connectivity index (χ0n) is 12.9. The fourth-order valence-corrected chi connectivity index (χ4v) is 2.16. The van der Waals surface area contributed by atoms with Crippen LogP contribution in [0.5, 0.6) is 5.75 Å². The molecule has 6 heteroatoms. The number of methoxy groups -OCH3 is 1. The summed E-state index contributed by atoms with van der Waals surface area (Å²) in [6.07, 6.45) is 0. The van der Waals surface area contributed by atoms with Crippen molar-refractivity contribution in [3.63, 3.8) is 0 Å². The summed E-state index contributed by atoms with van der Waals surface area (Å²) in [6.45, 7) is 1.42. The molecule has 0 fully saturated rings. The third kappa shape index (κ3) is 4.62. The largest absolute Gasteiger partial charge is 0.495 e. The molecule has 5 nitrogen and oxygen atoms in total. The maximum atomic E-state index is 11.8. The third-order valence-electron chi connectivity index (χ3n) is 2.98. The fourth-order valence-electron chi connectivity index (χ4n) is 1.85. The molecule has 0 amide bonds. The van der Waals surface area contributed by atoms with Crippen molar-refractivity contribution < 1.29 is 9.53 Å². The van der Waals surface area contributed by atoms with Gasteiger partial charge >= 0.3 is 0 Å². The van der Waals surface area contributed by atoms with E-state index in [-0.39, 0.29) is 16.5 Å². The molecule has 0 heterocycles. The molecule has 0 unspecified atom stereocenters. The number of hydrogen-bond acceptors (Lipinski definition) is 5. The van der Waals surface area contributed by atoms with Crippen molar-refractivity contribution in [1.82, 2.24) is 0 Å². The number of ether oxygens (including phenoxy) is 1. The highest BCUT2D eigenvalue weighted by Crippen LogP contribution is 2.22. The average Bonchev–Trinajstić information content (AvgIpc) is 2.56. The van der Waals surface area contributed by atoms with Crippen LogP contribution in [0.25, 0.3) is 0 Å². The molecule has 2 aromatic carbocycles. The summed E-state index contributed by atoms with van der Waals surface area (Å²) in [5.74, 6) is 0.391. The van der Waals surface area contributed by atoms with Crippen LogP contribution in [0.4, 0.5) is 11.4 Å². The molecule has 0 radical (unpaired) electrons. The highest BCUT2D eigenvalue weighted by molar-refractivity contribution is 7.82. The smallest absolute Gasteiger partial charge is 0.182 e. The molecular weight excluding hydrogens is 310 g/mol. The first-order chi connectivity index (χ1) is 11.1. The number of Topliss-reactive ketones (excluding diaryl/α,β-unsaturated/α-hetero) is 1. The fraction of sp³-hybridized carbons (Fsp3) is 0.118. The van der Waals surface area contributed by atoms with Gasteiger partial charge in [0, 0.05) is 12.6 Å². The van der Waals surface area contributed by atoms with Gasteiger partial charge in [-0.15, -0.1) is 0 Å². The first-order valence-corrected chi connectivity index (χ1v) is 7.36. The molecule has 0 saturated carbocycles. The van der Waals surface area contributed by atoms with E-state index in [2.05, 4.69) is 15.8 Å². The number of benzene rings is 2. The van der Waals surface area contributed by atoms with Gasteiger partial charge < -0.3 is 10.1 Å². The standard InChI is InChI=1S/C17H17N3O2S/c1-12(21)16(17(23)18-13-8-4-3-5-9-13)20-19-14-10-6-7-11-15(14)22-2/h3-11,19H,1-2H3,(H,18,23)/b20-16+. The SMILES string of the molecule is COc1ccccc1N/N=C(\C(C)=O)C(=S)Nc1ccccc1. The Bertz CT molecular complexity index is 730. The number of nitrogens with one attached hydrogen (secondary N) is 2. The Hall–Kier alpha value is -2.73. The van der Waals surface area contributed by atoms with Crippen LogP contribution in [-0.2, 0) is 4.79 Å². The topological polar surface area (TPSA) is 62.7 Å². The Labute approximate surface area is 140 Å². The number of para-hydroxylation sites is 3. The number of carbonyl (C=O) groups excluding carboxylic acids is 1. The minimum Gasteiger partial charge on any atom is -0.495 e. The normalized spacial score (nSPS) is 10.8. The molecule has 0 atom stereocenters. The van der Waals surface area contributed by atoms with Crippen LogP contribution < -0.4 is 15.5 Å². The van der Waals surface area contributed by atoms with Gasteiger partial charge in [0.1, 0.15) is 10.7 Å². The number of hydrogen-bond donors (Lipinski definition) is 2. The molecule has 0 aliphatic heterocycles. The average molecular weight is 327 g/mol. The van der Waals surface area contributed by atoms with E-state index in [0.717, 1.165) is 5.69 Å². The van der Waals surface area contributed by atoms with Crippen LogP contribution >= 0.6 is 12.2 Å². The number of rotatable bonds is 6. The van der Waals surface area contributed by atoms with E-state index < -0.39 is 0 Å². The quantitative estimate of drug-likeness (QED) is 0.483. The zero-order chi connectivity index (χ0) is 16.7. The van der Waals surface area contributed by atoms with Gasteiger partial charge in [-0.3, -0.25) is 10.2 Å². The summed E-state index contributed by atoms with van der Waals surface area (Å²) in [5, 5.41) is 7.13. The maximum absolute atomic E-state index is 11.8. The van der Waals surface area contributed by atoms with Gasteiger partial charge in [0.15, 0.2) is 11.5 Å². The summed E-state index contributed by atoms with van der Waals surface area (Å²) in [5.41, 5.74) is 4.42. The number of anilines is 2. The lowest BCUT2D eigenvalue weighted by molar-refractivity contribution is -0.110. The second-order valence-corrected chi connectivity index (χ2v) is 5.06. The van der Waals surface area contributed by atoms with Crippen molar-refractivity contribution in [1.29, 1.82) is 0 Å². The van der Waals surface area contributed by atoms with Gasteiger partial charge in [-0.25, -0.2) is 0 Å². The van der Waals surface area contributed by atoms with Crippen LogP contribution in [0.2, 0.25) is 0 Å². The van der Waals surface area contributed by atoms with Crippen molar-refractivity contribution in [2.24, 2.45) is 5.10 Å². The lowest BCUT2D eigenvalue weighted by Gasteiger charge is -2.10. The van der Waals surface area contributed by atoms with Gasteiger partial charge in [0.2, 0.25) is 0 Å². The summed E-state index contributed by atoms with van der Waals surface area (Å²) >= 11 is 5.28. The minimum atomic E-state index is -0.235. The van der Waals surface area contributed by atoms with E-state index in [1.165, 1.54) is 6.92 Å². The van der Waals surface area contributed by atoms with Crippen molar-refractivity contribution in [3.8, 4) is 5.75 Å². The summed E-state index contributed by atoms with van der Waals surface area (Å²) in [6, 6.07) is 16.7. The predicted octanol–water partition coefficient (Wildman–Crippen LogP) is 3.49. The predicted molar refractivity (Wildman–Crippen MR) is 97.4 cm³/mol. The molecule has 2 aromatic rings. The second-order valence-electron chi connectivity index (χ2n) is 4.65. The lowest BCUT2D eigenvalue weighted by Crippen LogP contribution is -2.27. The number of ketones is 1. The highest BCUT2D eigenvalue weighted by atomic mass is 32.1. The van der Waals surface area contributed by atoms with Crippen LogP contribution in [0.3, 0.4) is 0 Å². The maximum Gasteiger partial charge on any atom is 0.182 e. The van der Waals surface area contributed by atoms with E-state index >= 15 is 0 Å². The van der Waals surface area contributed by atoms with E-state index in [0.29, 0.717) is 11.4 Å². The first kappa shape index (κ1) is 16.6. The van der Waals surface area contributed by atoms with Crippen LogP contribution in [0, 0.1) is 0 Å². The molecular formula is C17H17N3O2S. The molecule has 0 aliphatic carbocycles. The van der Waals surface area contributed by atoms with E-state index in [4.69, 9.17) is 17.0 Å². The Morgan fingerprint density at radius 2 is 1.74 bits per heavy atom. The third-order valence-corrected chi connectivity index (χ3v) is 3.27. The Kier molecular flexibility index (Phi) is 5.82. The molecule has 23 heavy (non-hydrogen) atoms. The zero-order valence-corrected chi connectivity index (χ0v) is 13.7. The number of hydrazone groups is 1. The minimum absolute atomic E-state index is 0.148. The lowest BCUT2D eigenvalue weighted by atomic mass is 10.2. The second kappa shape index (κ2) is 8.05. The molecule has 0 bridgehead atoms. The van der Waals surface area contributed by atoms with Crippen LogP contribution in [0.15, 0.2) is 59.7 Å². The monoisotopic (exact) mass is 327 g/mol. The summed E-state index contributed by atoms with van der Waals surface area (Å²) < 4.78 is 5.23. The van der Waals surface area contributed by atoms with Crippen molar-refractivity contribution >= 4 is 40.1 Å². The molecule has 2 rings (SSSR count). The Morgan fingerprint density at radius 1 is 1.09 bits per heavy atom. The summed E-state index contributed by atoms with van der Waals surface area (Å²) in [4.78, 5) is 12.1. The van der Waals surface area contributed by atoms with Gasteiger partial charge in [0.25, 0.3) is 0 Å². The molecule has 2 N–H and O–H groups in total. The van der Waals surface area contributed by atoms with Gasteiger partial charge in [-0.1, -0.05) is 42.5 Å². The van der Waals surface area contributed by atoms with Crippen molar-refractivity contribution in [2.45, 2.75) is 6.92 Å². The Morgan fingerprint density at radius 3 is 2.39 bits per heavy atom. The van der Waals surface area contributed by atoms with Crippen molar-refractivity contribution in [3.05, 3.63) is 54.6 Å². The molecule has 0 spiro atoms. The molecule has 0 saturated heterocycles. The first-order valence-electron chi connectivity index (χ1n) is 6.96. The van der Waals surface area contributed by atoms with Gasteiger partial charge in [-0.05, 0) is 24.3 Å². The summed E-state index contributed by atoms with van der Waals surface area (Å²) in [7, 11) is 1.57. The van der Waals surface area contributed by atoms with Crippen LogP contribution in [0.1, 0.15) is 6.92 Å². The van der Waals surface area contributed by atoms with E-state index in [1.54, 1.807) is 19.2 Å². The molecule has 118 valence electrons. The molecule has 0 aliphatic rings. The molecule has 0 aromatic heterocycles. The number of carbonyl (C=O) groups is 1.